The van der Waals surface area contributed by atoms with Gasteiger partial charge in [0.05, 0.1) is 22.7 Å². The van der Waals surface area contributed by atoms with Crippen LogP contribution >= 0.6 is 0 Å². The molecule has 0 unspecified atom stereocenters. The molecule has 0 saturated carbocycles. The van der Waals surface area contributed by atoms with E-state index in [1.54, 1.807) is 17.7 Å². The summed E-state index contributed by atoms with van der Waals surface area (Å²) in [6.07, 6.45) is 0. The Morgan fingerprint density at radius 2 is 2.00 bits per heavy atom. The van der Waals surface area contributed by atoms with Crippen molar-refractivity contribution in [3.63, 3.8) is 0 Å². The zero-order valence-corrected chi connectivity index (χ0v) is 14.4. The number of hydrazone groups is 1. The highest BCUT2D eigenvalue weighted by atomic mass is 16.6. The monoisotopic (exact) mass is 368 g/mol. The van der Waals surface area contributed by atoms with Crippen LogP contribution in [0.5, 0.6) is 5.75 Å². The molecular weight excluding hydrogens is 352 g/mol. The number of nitro benzene ring substituents is 1. The number of nitrogens with zero attached hydrogens (tertiary/aromatic N) is 5. The van der Waals surface area contributed by atoms with Crippen LogP contribution in [-0.4, -0.2) is 38.1 Å². The van der Waals surface area contributed by atoms with Gasteiger partial charge in [-0.15, -0.1) is 5.10 Å². The van der Waals surface area contributed by atoms with E-state index in [-0.39, 0.29) is 11.4 Å². The minimum atomic E-state index is -0.571. The fraction of sp³-hybridized carbons (Fsp3) is 0.176. The van der Waals surface area contributed by atoms with Gasteiger partial charge in [-0.1, -0.05) is 29.5 Å². The van der Waals surface area contributed by atoms with Gasteiger partial charge in [-0.3, -0.25) is 14.9 Å². The number of rotatable bonds is 7. The minimum absolute atomic E-state index is 0.0208. The summed E-state index contributed by atoms with van der Waals surface area (Å²) in [5, 5.41) is 23.0. The van der Waals surface area contributed by atoms with Crippen LogP contribution in [0.2, 0.25) is 0 Å². The summed E-state index contributed by atoms with van der Waals surface area (Å²) in [7, 11) is 0. The Morgan fingerprint density at radius 3 is 2.81 bits per heavy atom. The lowest BCUT2D eigenvalue weighted by Crippen LogP contribution is -2.26. The molecule has 0 spiro atoms. The molecule has 0 aliphatic carbocycles. The smallest absolute Gasteiger partial charge is 0.310 e. The van der Waals surface area contributed by atoms with E-state index in [2.05, 4.69) is 20.8 Å². The fourth-order valence-electron chi connectivity index (χ4n) is 2.35. The van der Waals surface area contributed by atoms with Gasteiger partial charge in [0.2, 0.25) is 0 Å². The molecule has 1 N–H and O–H groups in total. The Morgan fingerprint density at radius 1 is 1.26 bits per heavy atom. The third-order valence-electron chi connectivity index (χ3n) is 3.59. The van der Waals surface area contributed by atoms with Crippen molar-refractivity contribution < 1.29 is 14.5 Å². The fourth-order valence-corrected chi connectivity index (χ4v) is 2.35. The molecule has 0 fully saturated rings. The molecule has 0 aliphatic rings. The lowest BCUT2D eigenvalue weighted by molar-refractivity contribution is -0.385. The zero-order chi connectivity index (χ0) is 19.2. The predicted molar refractivity (Wildman–Crippen MR) is 97.4 cm³/mol. The summed E-state index contributed by atoms with van der Waals surface area (Å²) >= 11 is 0. The normalized spacial score (nSPS) is 11.4. The number of nitrogens with one attached hydrogen (secondary N) is 1. The van der Waals surface area contributed by atoms with Crippen LogP contribution < -0.4 is 10.2 Å². The number of hydrogen-bond donors (Lipinski definition) is 1. The number of hydrogen-bond acceptors (Lipinski definition) is 7. The first-order valence-corrected chi connectivity index (χ1v) is 8.01. The molecule has 0 bridgehead atoms. The van der Waals surface area contributed by atoms with Gasteiger partial charge in [-0.05, 0) is 25.1 Å². The van der Waals surface area contributed by atoms with Gasteiger partial charge in [0, 0.05) is 6.07 Å². The Labute approximate surface area is 153 Å². The molecule has 0 aliphatic heterocycles. The van der Waals surface area contributed by atoms with Crippen molar-refractivity contribution in [2.24, 2.45) is 5.10 Å². The maximum absolute atomic E-state index is 11.9. The molecule has 2 aromatic carbocycles. The number of aromatic nitrogens is 3. The highest BCUT2D eigenvalue weighted by molar-refractivity contribution is 5.86. The summed E-state index contributed by atoms with van der Waals surface area (Å²) < 4.78 is 6.88. The van der Waals surface area contributed by atoms with Crippen molar-refractivity contribution in [3.05, 3.63) is 58.6 Å². The largest absolute Gasteiger partial charge is 0.477 e. The van der Waals surface area contributed by atoms with Crippen molar-refractivity contribution in [1.29, 1.82) is 0 Å². The number of carbonyl (C=O) groups is 1. The van der Waals surface area contributed by atoms with Crippen LogP contribution in [0.15, 0.2) is 53.6 Å². The molecule has 0 atom stereocenters. The first kappa shape index (κ1) is 18.0. The molecular formula is C17H16N6O4. The second-order valence-corrected chi connectivity index (χ2v) is 5.63. The van der Waals surface area contributed by atoms with E-state index in [1.165, 1.54) is 18.2 Å². The molecule has 0 radical (unpaired) electrons. The third-order valence-corrected chi connectivity index (χ3v) is 3.59. The summed E-state index contributed by atoms with van der Waals surface area (Å²) in [5.41, 5.74) is 4.38. The minimum Gasteiger partial charge on any atom is -0.477 e. The van der Waals surface area contributed by atoms with E-state index in [0.717, 1.165) is 11.0 Å². The molecule has 3 rings (SSSR count). The van der Waals surface area contributed by atoms with E-state index in [1.807, 2.05) is 24.3 Å². The van der Waals surface area contributed by atoms with Gasteiger partial charge >= 0.3 is 5.69 Å². The van der Waals surface area contributed by atoms with E-state index in [4.69, 9.17) is 4.74 Å². The molecule has 3 aromatic rings. The summed E-state index contributed by atoms with van der Waals surface area (Å²) in [5.74, 6) is -0.511. The Hall–Kier alpha value is -3.82. The first-order valence-electron chi connectivity index (χ1n) is 8.01. The number of amides is 1. The SMILES string of the molecule is C/C(Cn1nnc2ccccc21)=N/NC(=O)COc1ccccc1[N+](=O)[O-]. The average molecular weight is 368 g/mol. The van der Waals surface area contributed by atoms with Gasteiger partial charge < -0.3 is 4.74 Å². The number of ether oxygens (including phenoxy) is 1. The third kappa shape index (κ3) is 4.42. The van der Waals surface area contributed by atoms with Crippen LogP contribution in [0.3, 0.4) is 0 Å². The first-order chi connectivity index (χ1) is 13.0. The van der Waals surface area contributed by atoms with Crippen LogP contribution in [0.4, 0.5) is 5.69 Å². The number of fused-ring (bicyclic) bond motifs is 1. The number of carbonyl (C=O) groups excluding carboxylic acids is 1. The molecule has 1 heterocycles. The van der Waals surface area contributed by atoms with E-state index >= 15 is 0 Å². The Balaban J connectivity index is 1.56. The highest BCUT2D eigenvalue weighted by Crippen LogP contribution is 2.25. The highest BCUT2D eigenvalue weighted by Gasteiger charge is 2.14. The maximum atomic E-state index is 11.9. The van der Waals surface area contributed by atoms with Crippen molar-refractivity contribution in [2.75, 3.05) is 6.61 Å². The van der Waals surface area contributed by atoms with Crippen LogP contribution in [0, 0.1) is 10.1 Å². The van der Waals surface area contributed by atoms with Crippen molar-refractivity contribution in [1.82, 2.24) is 20.4 Å². The lowest BCUT2D eigenvalue weighted by atomic mass is 10.3. The Bertz CT molecular complexity index is 1010. The van der Waals surface area contributed by atoms with Gasteiger partial charge in [0.15, 0.2) is 12.4 Å². The molecule has 0 saturated heterocycles. The average Bonchev–Trinajstić information content (AvgIpc) is 3.08. The predicted octanol–water partition coefficient (Wildman–Crippen LogP) is 1.91. The molecule has 10 heteroatoms. The summed E-state index contributed by atoms with van der Waals surface area (Å²) in [6.45, 7) is 1.69. The van der Waals surface area contributed by atoms with Crippen molar-refractivity contribution >= 4 is 28.3 Å². The molecule has 1 amide bonds. The van der Waals surface area contributed by atoms with Crippen LogP contribution in [0.1, 0.15) is 6.92 Å². The molecule has 138 valence electrons. The summed E-state index contributed by atoms with van der Waals surface area (Å²) in [6, 6.07) is 13.3. The maximum Gasteiger partial charge on any atom is 0.310 e. The Kier molecular flexibility index (Phi) is 5.36. The van der Waals surface area contributed by atoms with E-state index < -0.39 is 17.4 Å². The standard InChI is InChI=1S/C17H16N6O4/c1-12(10-22-14-7-3-2-6-13(14)19-21-22)18-20-17(24)11-27-16-9-5-4-8-15(16)23(25)26/h2-9H,10-11H2,1H3,(H,20,24)/b18-12-. The molecule has 27 heavy (non-hydrogen) atoms. The van der Waals surface area contributed by atoms with Gasteiger partial charge in [0.1, 0.15) is 5.52 Å². The van der Waals surface area contributed by atoms with Gasteiger partial charge in [0.25, 0.3) is 5.91 Å². The topological polar surface area (TPSA) is 125 Å². The zero-order valence-electron chi connectivity index (χ0n) is 14.4. The van der Waals surface area contributed by atoms with Crippen molar-refractivity contribution in [3.8, 4) is 5.75 Å². The van der Waals surface area contributed by atoms with Gasteiger partial charge in [-0.2, -0.15) is 5.10 Å². The number of benzene rings is 2. The van der Waals surface area contributed by atoms with Crippen LogP contribution in [-0.2, 0) is 11.3 Å². The lowest BCUT2D eigenvalue weighted by Gasteiger charge is -2.06. The van der Waals surface area contributed by atoms with E-state index in [0.29, 0.717) is 12.3 Å². The summed E-state index contributed by atoms with van der Waals surface area (Å²) in [4.78, 5) is 22.2. The second kappa shape index (κ2) is 8.04. The van der Waals surface area contributed by atoms with E-state index in [9.17, 15) is 14.9 Å². The second-order valence-electron chi connectivity index (χ2n) is 5.63. The molecule has 1 aromatic heterocycles. The quantitative estimate of drug-likeness (QED) is 0.386. The van der Waals surface area contributed by atoms with Crippen LogP contribution in [0.25, 0.3) is 11.0 Å². The molecule has 10 nitrogen and oxygen atoms in total. The van der Waals surface area contributed by atoms with Gasteiger partial charge in [-0.25, -0.2) is 10.1 Å². The van der Waals surface area contributed by atoms with Crippen molar-refractivity contribution in [2.45, 2.75) is 13.5 Å². The number of nitro groups is 1. The number of para-hydroxylation sites is 3.